The van der Waals surface area contributed by atoms with Crippen molar-refractivity contribution in [1.82, 2.24) is 9.80 Å². The highest BCUT2D eigenvalue weighted by atomic mass is 19.4. The molecule has 1 saturated carbocycles. The highest BCUT2D eigenvalue weighted by Crippen LogP contribution is 2.37. The van der Waals surface area contributed by atoms with Gasteiger partial charge in [0, 0.05) is 31.7 Å². The third-order valence-electron chi connectivity index (χ3n) is 5.64. The van der Waals surface area contributed by atoms with Crippen LogP contribution in [0.25, 0.3) is 0 Å². The van der Waals surface area contributed by atoms with Crippen molar-refractivity contribution in [3.8, 4) is 0 Å². The van der Waals surface area contributed by atoms with Crippen molar-refractivity contribution in [3.05, 3.63) is 23.7 Å². The first-order valence-electron chi connectivity index (χ1n) is 10.3. The molecule has 2 aliphatic heterocycles. The molecule has 0 amide bonds. The molecule has 4 rings (SSSR count). The summed E-state index contributed by atoms with van der Waals surface area (Å²) in [4.78, 5) is 23.2. The zero-order chi connectivity index (χ0) is 25.0. The second-order valence-corrected chi connectivity index (χ2v) is 8.24. The van der Waals surface area contributed by atoms with Gasteiger partial charge in [-0.05, 0) is 50.7 Å². The molecular weight excluding hydrogens is 462 g/mol. The van der Waals surface area contributed by atoms with Crippen LogP contribution in [-0.2, 0) is 16.1 Å². The topological polar surface area (TPSA) is 94.2 Å². The minimum absolute atomic E-state index is 0.782. The minimum atomic E-state index is -5.08. The second-order valence-electron chi connectivity index (χ2n) is 8.24. The van der Waals surface area contributed by atoms with Gasteiger partial charge >= 0.3 is 24.3 Å². The van der Waals surface area contributed by atoms with Crippen LogP contribution in [-0.4, -0.2) is 76.0 Å². The van der Waals surface area contributed by atoms with Gasteiger partial charge in [0.05, 0.1) is 6.54 Å². The van der Waals surface area contributed by atoms with Crippen LogP contribution in [0.3, 0.4) is 0 Å². The van der Waals surface area contributed by atoms with Gasteiger partial charge in [-0.15, -0.1) is 0 Å². The average Bonchev–Trinajstić information content (AvgIpc) is 3.06. The van der Waals surface area contributed by atoms with E-state index in [1.807, 2.05) is 6.92 Å². The molecule has 1 aromatic heterocycles. The van der Waals surface area contributed by atoms with Crippen LogP contribution in [0.5, 0.6) is 0 Å². The number of carboxylic acid groups (broad SMARTS) is 2. The van der Waals surface area contributed by atoms with Crippen LogP contribution in [0, 0.1) is 12.8 Å². The maximum Gasteiger partial charge on any atom is 0.490 e. The molecule has 33 heavy (non-hydrogen) atoms. The van der Waals surface area contributed by atoms with Crippen LogP contribution in [0.2, 0.25) is 0 Å². The first kappa shape index (κ1) is 27.0. The van der Waals surface area contributed by atoms with Crippen molar-refractivity contribution >= 4 is 11.9 Å². The van der Waals surface area contributed by atoms with Crippen molar-refractivity contribution in [2.24, 2.45) is 5.92 Å². The zero-order valence-corrected chi connectivity index (χ0v) is 17.8. The summed E-state index contributed by atoms with van der Waals surface area (Å²) in [6.45, 7) is 6.97. The zero-order valence-electron chi connectivity index (χ0n) is 17.8. The highest BCUT2D eigenvalue weighted by molar-refractivity contribution is 5.73. The number of carboxylic acids is 2. The summed E-state index contributed by atoms with van der Waals surface area (Å²) in [5.74, 6) is -2.31. The van der Waals surface area contributed by atoms with Gasteiger partial charge in [0.2, 0.25) is 0 Å². The maximum absolute atomic E-state index is 10.6. The van der Waals surface area contributed by atoms with E-state index in [1.165, 1.54) is 45.3 Å². The first-order valence-corrected chi connectivity index (χ1v) is 10.3. The van der Waals surface area contributed by atoms with E-state index in [1.54, 1.807) is 0 Å². The summed E-state index contributed by atoms with van der Waals surface area (Å²) < 4.78 is 69.2. The molecule has 0 aromatic carbocycles. The fourth-order valence-electron chi connectivity index (χ4n) is 3.99. The van der Waals surface area contributed by atoms with Crippen molar-refractivity contribution in [1.29, 1.82) is 0 Å². The predicted octanol–water partition coefficient (Wildman–Crippen LogP) is 3.91. The Balaban J connectivity index is 0.000000230. The predicted molar refractivity (Wildman–Crippen MR) is 102 cm³/mol. The van der Waals surface area contributed by atoms with E-state index < -0.39 is 24.3 Å². The number of furan rings is 1. The SMILES string of the molecule is Cc1ccc(CN2CC[C@H]3[C@H]2CCN3CC2CC2)o1.O=C(O)C(F)(F)F.O=C(O)C(F)(F)F. The molecule has 2 atom stereocenters. The molecule has 2 N–H and O–H groups in total. The van der Waals surface area contributed by atoms with E-state index in [-0.39, 0.29) is 0 Å². The number of hydrogen-bond donors (Lipinski definition) is 2. The van der Waals surface area contributed by atoms with Gasteiger partial charge in [-0.25, -0.2) is 9.59 Å². The van der Waals surface area contributed by atoms with E-state index in [2.05, 4.69) is 21.9 Å². The van der Waals surface area contributed by atoms with Crippen LogP contribution in [0.1, 0.15) is 37.2 Å². The standard InChI is InChI=1S/C16H24N2O.2C2HF3O2/c1-12-2-5-14(19-12)11-18-9-7-15-16(18)6-8-17(15)10-13-3-4-13;2*3-2(4,5)1(6)7/h2,5,13,15-16H,3-4,6-11H2,1H3;2*(H,6,7)/t15-,16+;;/m0../s1. The molecule has 3 fully saturated rings. The Hall–Kier alpha value is -2.28. The van der Waals surface area contributed by atoms with Crippen LogP contribution < -0.4 is 0 Å². The van der Waals surface area contributed by atoms with Gasteiger partial charge in [0.15, 0.2) is 0 Å². The molecule has 0 bridgehead atoms. The number of carbonyl (C=O) groups is 2. The van der Waals surface area contributed by atoms with Gasteiger partial charge in [-0.3, -0.25) is 9.80 Å². The Morgan fingerprint density at radius 2 is 1.36 bits per heavy atom. The number of likely N-dealkylation sites (tertiary alicyclic amines) is 2. The summed E-state index contributed by atoms with van der Waals surface area (Å²) in [7, 11) is 0. The number of nitrogens with zero attached hydrogens (tertiary/aromatic N) is 2. The molecule has 13 heteroatoms. The Kier molecular flexibility index (Phi) is 8.80. The smallest absolute Gasteiger partial charge is 0.475 e. The Morgan fingerprint density at radius 1 is 0.909 bits per heavy atom. The molecule has 0 spiro atoms. The molecule has 3 heterocycles. The molecule has 1 aromatic rings. The lowest BCUT2D eigenvalue weighted by Gasteiger charge is -2.25. The molecule has 0 unspecified atom stereocenters. The highest BCUT2D eigenvalue weighted by Gasteiger charge is 2.43. The number of hydrogen-bond acceptors (Lipinski definition) is 5. The van der Waals surface area contributed by atoms with E-state index in [9.17, 15) is 26.3 Å². The molecule has 3 aliphatic rings. The van der Waals surface area contributed by atoms with Crippen molar-refractivity contribution in [2.45, 2.75) is 63.6 Å². The van der Waals surface area contributed by atoms with Crippen LogP contribution >= 0.6 is 0 Å². The number of aliphatic carboxylic acids is 2. The summed E-state index contributed by atoms with van der Waals surface area (Å²) in [6.07, 6.45) is -4.50. The Bertz CT molecular complexity index is 782. The van der Waals surface area contributed by atoms with Crippen molar-refractivity contribution in [3.63, 3.8) is 0 Å². The molecular formula is C20H26F6N2O5. The molecule has 0 radical (unpaired) electrons. The summed E-state index contributed by atoms with van der Waals surface area (Å²) in [5, 5.41) is 14.2. The second kappa shape index (κ2) is 10.8. The average molecular weight is 488 g/mol. The number of halogens is 6. The number of rotatable bonds is 4. The Labute approximate surface area is 185 Å². The van der Waals surface area contributed by atoms with Gasteiger partial charge in [-0.1, -0.05) is 0 Å². The van der Waals surface area contributed by atoms with E-state index in [0.29, 0.717) is 0 Å². The van der Waals surface area contributed by atoms with Crippen molar-refractivity contribution in [2.75, 3.05) is 19.6 Å². The maximum atomic E-state index is 10.6. The molecule has 188 valence electrons. The Morgan fingerprint density at radius 3 is 1.76 bits per heavy atom. The first-order chi connectivity index (χ1) is 15.2. The number of fused-ring (bicyclic) bond motifs is 1. The molecule has 1 aliphatic carbocycles. The molecule has 2 saturated heterocycles. The quantitative estimate of drug-likeness (QED) is 0.621. The molecule has 7 nitrogen and oxygen atoms in total. The van der Waals surface area contributed by atoms with Crippen LogP contribution in [0.4, 0.5) is 26.3 Å². The van der Waals surface area contributed by atoms with E-state index in [0.717, 1.165) is 36.1 Å². The number of alkyl halides is 6. The fraction of sp³-hybridized carbons (Fsp3) is 0.700. The van der Waals surface area contributed by atoms with Gasteiger partial charge < -0.3 is 14.6 Å². The van der Waals surface area contributed by atoms with Crippen LogP contribution in [0.15, 0.2) is 16.5 Å². The summed E-state index contributed by atoms with van der Waals surface area (Å²) in [6, 6.07) is 5.83. The normalized spacial score (nSPS) is 23.2. The summed E-state index contributed by atoms with van der Waals surface area (Å²) >= 11 is 0. The number of aryl methyl sites for hydroxylation is 1. The monoisotopic (exact) mass is 488 g/mol. The third kappa shape index (κ3) is 8.54. The summed E-state index contributed by atoms with van der Waals surface area (Å²) in [5.41, 5.74) is 0. The lowest BCUT2D eigenvalue weighted by Crippen LogP contribution is -2.37. The lowest BCUT2D eigenvalue weighted by atomic mass is 10.1. The van der Waals surface area contributed by atoms with Gasteiger partial charge in [-0.2, -0.15) is 26.3 Å². The lowest BCUT2D eigenvalue weighted by molar-refractivity contribution is -0.193. The van der Waals surface area contributed by atoms with E-state index >= 15 is 0 Å². The van der Waals surface area contributed by atoms with Crippen molar-refractivity contribution < 1.29 is 50.6 Å². The van der Waals surface area contributed by atoms with Gasteiger partial charge in [0.1, 0.15) is 11.5 Å². The fourth-order valence-corrected chi connectivity index (χ4v) is 3.99. The largest absolute Gasteiger partial charge is 0.490 e. The van der Waals surface area contributed by atoms with Gasteiger partial charge in [0.25, 0.3) is 0 Å². The third-order valence-corrected chi connectivity index (χ3v) is 5.64. The van der Waals surface area contributed by atoms with E-state index in [4.69, 9.17) is 24.2 Å². The minimum Gasteiger partial charge on any atom is -0.475 e.